The van der Waals surface area contributed by atoms with E-state index in [0.29, 0.717) is 23.6 Å². The molecule has 2 nitrogen and oxygen atoms in total. The van der Waals surface area contributed by atoms with Gasteiger partial charge in [0.25, 0.3) is 0 Å². The van der Waals surface area contributed by atoms with Crippen LogP contribution in [-0.4, -0.2) is 12.4 Å². The fourth-order valence-electron chi connectivity index (χ4n) is 2.30. The second-order valence-electron chi connectivity index (χ2n) is 4.76. The zero-order chi connectivity index (χ0) is 14.1. The minimum Gasteiger partial charge on any atom is -0.493 e. The molecule has 2 aromatic rings. The van der Waals surface area contributed by atoms with Crippen LogP contribution < -0.4 is 4.74 Å². The van der Waals surface area contributed by atoms with Crippen molar-refractivity contribution in [2.75, 3.05) is 6.61 Å². The first-order valence-corrected chi connectivity index (χ1v) is 7.53. The molecule has 0 saturated carbocycles. The second kappa shape index (κ2) is 5.58. The summed E-state index contributed by atoms with van der Waals surface area (Å²) in [6.45, 7) is 0.700. The Morgan fingerprint density at radius 2 is 2.10 bits per heavy atom. The number of ketones is 1. The average molecular weight is 352 g/mol. The average Bonchev–Trinajstić information content (AvgIpc) is 2.89. The predicted molar refractivity (Wildman–Crippen MR) is 82.8 cm³/mol. The number of ether oxygens (including phenoxy) is 1. The lowest BCUT2D eigenvalue weighted by Crippen LogP contribution is -2.04. The third-order valence-corrected chi connectivity index (χ3v) is 4.22. The van der Waals surface area contributed by atoms with Crippen molar-refractivity contribution in [3.8, 4) is 5.75 Å². The monoisotopic (exact) mass is 350 g/mol. The van der Waals surface area contributed by atoms with Crippen LogP contribution in [0, 0.1) is 0 Å². The zero-order valence-electron chi connectivity index (χ0n) is 10.7. The Morgan fingerprint density at radius 1 is 1.25 bits per heavy atom. The highest BCUT2D eigenvalue weighted by Crippen LogP contribution is 2.27. The van der Waals surface area contributed by atoms with Gasteiger partial charge in [-0.15, -0.1) is 0 Å². The molecule has 0 unspecified atom stereocenters. The Hall–Kier alpha value is -1.32. The molecule has 20 heavy (non-hydrogen) atoms. The zero-order valence-corrected chi connectivity index (χ0v) is 13.0. The Kier molecular flexibility index (Phi) is 3.81. The van der Waals surface area contributed by atoms with Crippen LogP contribution in [0.15, 0.2) is 40.9 Å². The Balaban J connectivity index is 1.82. The van der Waals surface area contributed by atoms with Crippen molar-refractivity contribution in [3.05, 3.63) is 62.6 Å². The lowest BCUT2D eigenvalue weighted by atomic mass is 10.0. The van der Waals surface area contributed by atoms with Crippen LogP contribution in [-0.2, 0) is 12.8 Å². The lowest BCUT2D eigenvalue weighted by Gasteiger charge is -2.06. The highest BCUT2D eigenvalue weighted by molar-refractivity contribution is 9.10. The number of benzene rings is 2. The molecule has 2 aromatic carbocycles. The summed E-state index contributed by atoms with van der Waals surface area (Å²) >= 11 is 9.51. The largest absolute Gasteiger partial charge is 0.493 e. The third kappa shape index (κ3) is 2.74. The predicted octanol–water partition coefficient (Wildman–Crippen LogP) is 4.46. The van der Waals surface area contributed by atoms with E-state index in [4.69, 9.17) is 16.3 Å². The maximum absolute atomic E-state index is 12.3. The van der Waals surface area contributed by atoms with Gasteiger partial charge in [-0.1, -0.05) is 33.6 Å². The van der Waals surface area contributed by atoms with Gasteiger partial charge in [0.1, 0.15) is 5.75 Å². The fraction of sp³-hybridized carbons (Fsp3) is 0.188. The maximum atomic E-state index is 12.3. The Morgan fingerprint density at radius 3 is 2.90 bits per heavy atom. The van der Waals surface area contributed by atoms with Gasteiger partial charge < -0.3 is 4.74 Å². The highest BCUT2D eigenvalue weighted by atomic mass is 79.9. The molecule has 0 spiro atoms. The molecule has 1 heterocycles. The SMILES string of the molecule is O=C(Cc1ccc(Br)cc1Cl)c1ccc2c(c1)CCO2. The molecule has 0 radical (unpaired) electrons. The van der Waals surface area contributed by atoms with Crippen molar-refractivity contribution in [2.24, 2.45) is 0 Å². The molecule has 0 aromatic heterocycles. The van der Waals surface area contributed by atoms with Gasteiger partial charge in [0, 0.05) is 27.9 Å². The normalized spacial score (nSPS) is 12.9. The van der Waals surface area contributed by atoms with Crippen molar-refractivity contribution in [1.82, 2.24) is 0 Å². The van der Waals surface area contributed by atoms with Crippen LogP contribution in [0.2, 0.25) is 5.02 Å². The summed E-state index contributed by atoms with van der Waals surface area (Å²) < 4.78 is 6.36. The molecule has 0 aliphatic carbocycles. The summed E-state index contributed by atoms with van der Waals surface area (Å²) in [5, 5.41) is 0.609. The van der Waals surface area contributed by atoms with Crippen molar-refractivity contribution in [3.63, 3.8) is 0 Å². The first-order chi connectivity index (χ1) is 9.63. The topological polar surface area (TPSA) is 26.3 Å². The lowest BCUT2D eigenvalue weighted by molar-refractivity contribution is 0.0993. The molecule has 1 aliphatic heterocycles. The van der Waals surface area contributed by atoms with Crippen molar-refractivity contribution >= 4 is 33.3 Å². The molecular formula is C16H12BrClO2. The number of Topliss-reactive ketones (excluding diaryl/α,β-unsaturated/α-hetero) is 1. The van der Waals surface area contributed by atoms with Crippen LogP contribution in [0.5, 0.6) is 5.75 Å². The van der Waals surface area contributed by atoms with Crippen molar-refractivity contribution < 1.29 is 9.53 Å². The maximum Gasteiger partial charge on any atom is 0.167 e. The smallest absolute Gasteiger partial charge is 0.167 e. The van der Waals surface area contributed by atoms with Crippen molar-refractivity contribution in [1.29, 1.82) is 0 Å². The number of halogens is 2. The molecule has 0 atom stereocenters. The first-order valence-electron chi connectivity index (χ1n) is 6.36. The molecule has 3 rings (SSSR count). The summed E-state index contributed by atoms with van der Waals surface area (Å²) in [7, 11) is 0. The highest BCUT2D eigenvalue weighted by Gasteiger charge is 2.16. The number of hydrogen-bond acceptors (Lipinski definition) is 2. The van der Waals surface area contributed by atoms with Gasteiger partial charge in [0.05, 0.1) is 6.61 Å². The summed E-state index contributed by atoms with van der Waals surface area (Å²) in [4.78, 5) is 12.3. The van der Waals surface area contributed by atoms with Gasteiger partial charge >= 0.3 is 0 Å². The number of carbonyl (C=O) groups excluding carboxylic acids is 1. The number of hydrogen-bond donors (Lipinski definition) is 0. The van der Waals surface area contributed by atoms with Crippen LogP contribution in [0.4, 0.5) is 0 Å². The molecule has 0 bridgehead atoms. The summed E-state index contributed by atoms with van der Waals surface area (Å²) in [5.41, 5.74) is 2.67. The standard InChI is InChI=1S/C16H12BrClO2/c17-13-3-1-10(14(18)9-13)8-15(19)11-2-4-16-12(7-11)5-6-20-16/h1-4,7,9H,5-6,8H2. The van der Waals surface area contributed by atoms with E-state index in [9.17, 15) is 4.79 Å². The third-order valence-electron chi connectivity index (χ3n) is 3.38. The summed E-state index contributed by atoms with van der Waals surface area (Å²) in [6, 6.07) is 11.2. The molecular weight excluding hydrogens is 340 g/mol. The van der Waals surface area contributed by atoms with Gasteiger partial charge in [-0.25, -0.2) is 0 Å². The van der Waals surface area contributed by atoms with Gasteiger partial charge in [0.2, 0.25) is 0 Å². The molecule has 1 aliphatic rings. The van der Waals surface area contributed by atoms with Gasteiger partial charge in [0.15, 0.2) is 5.78 Å². The second-order valence-corrected chi connectivity index (χ2v) is 6.08. The minimum atomic E-state index is 0.0731. The van der Waals surface area contributed by atoms with E-state index in [0.717, 1.165) is 27.8 Å². The van der Waals surface area contributed by atoms with Gasteiger partial charge in [-0.2, -0.15) is 0 Å². The van der Waals surface area contributed by atoms with E-state index in [2.05, 4.69) is 15.9 Å². The van der Waals surface area contributed by atoms with E-state index in [1.165, 1.54) is 0 Å². The van der Waals surface area contributed by atoms with Crippen LogP contribution in [0.25, 0.3) is 0 Å². The van der Waals surface area contributed by atoms with E-state index in [-0.39, 0.29) is 5.78 Å². The number of fused-ring (bicyclic) bond motifs is 1. The van der Waals surface area contributed by atoms with E-state index in [1.807, 2.05) is 30.3 Å². The van der Waals surface area contributed by atoms with Crippen LogP contribution in [0.1, 0.15) is 21.5 Å². The summed E-state index contributed by atoms with van der Waals surface area (Å²) in [5.74, 6) is 0.965. The first kappa shape index (κ1) is 13.7. The van der Waals surface area contributed by atoms with E-state index >= 15 is 0 Å². The number of rotatable bonds is 3. The number of carbonyl (C=O) groups is 1. The quantitative estimate of drug-likeness (QED) is 0.763. The fourth-order valence-corrected chi connectivity index (χ4v) is 3.04. The molecule has 0 N–H and O–H groups in total. The van der Waals surface area contributed by atoms with E-state index in [1.54, 1.807) is 6.07 Å². The molecule has 4 heteroatoms. The molecule has 0 amide bonds. The molecule has 0 saturated heterocycles. The van der Waals surface area contributed by atoms with E-state index < -0.39 is 0 Å². The summed E-state index contributed by atoms with van der Waals surface area (Å²) in [6.07, 6.45) is 1.18. The minimum absolute atomic E-state index is 0.0731. The molecule has 0 fully saturated rings. The van der Waals surface area contributed by atoms with Gasteiger partial charge in [-0.05, 0) is 41.5 Å². The van der Waals surface area contributed by atoms with Gasteiger partial charge in [-0.3, -0.25) is 4.79 Å². The van der Waals surface area contributed by atoms with Crippen molar-refractivity contribution in [2.45, 2.75) is 12.8 Å². The Bertz CT molecular complexity index is 682. The van der Waals surface area contributed by atoms with Crippen LogP contribution in [0.3, 0.4) is 0 Å². The van der Waals surface area contributed by atoms with Crippen LogP contribution >= 0.6 is 27.5 Å². The Labute approximate surface area is 130 Å². The molecule has 102 valence electrons.